The highest BCUT2D eigenvalue weighted by atomic mass is 32.2. The minimum Gasteiger partial charge on any atom is -0.458 e. The normalized spacial score (nSPS) is 13.1. The zero-order valence-electron chi connectivity index (χ0n) is 25.6. The molecule has 236 valence electrons. The van der Waals surface area contributed by atoms with E-state index < -0.39 is 5.97 Å². The predicted octanol–water partition coefficient (Wildman–Crippen LogP) is 7.49. The third-order valence-electron chi connectivity index (χ3n) is 7.21. The number of ether oxygens (including phenoxy) is 2. The number of hydrogen-bond acceptors (Lipinski definition) is 7. The van der Waals surface area contributed by atoms with Crippen molar-refractivity contribution in [2.75, 3.05) is 39.2 Å². The summed E-state index contributed by atoms with van der Waals surface area (Å²) in [5.41, 5.74) is 6.12. The van der Waals surface area contributed by atoms with E-state index in [0.29, 0.717) is 19.0 Å². The number of imidazole rings is 1. The van der Waals surface area contributed by atoms with Crippen molar-refractivity contribution in [3.63, 3.8) is 0 Å². The number of H-pyrrole nitrogens is 1. The maximum absolute atomic E-state index is 12.0. The Hall–Kier alpha value is -4.64. The first-order valence-corrected chi connectivity index (χ1v) is 16.5. The van der Waals surface area contributed by atoms with Crippen molar-refractivity contribution in [1.29, 1.82) is 0 Å². The van der Waals surface area contributed by atoms with Crippen LogP contribution in [0.2, 0.25) is 0 Å². The van der Waals surface area contributed by atoms with Crippen molar-refractivity contribution >= 4 is 52.9 Å². The fourth-order valence-corrected chi connectivity index (χ4v) is 5.52. The number of hydrogen-bond donors (Lipinski definition) is 1. The van der Waals surface area contributed by atoms with E-state index in [2.05, 4.69) is 39.8 Å². The molecule has 8 nitrogen and oxygen atoms in total. The molecule has 1 saturated heterocycles. The number of para-hydroxylation sites is 3. The Balaban J connectivity index is 0.000000217. The fourth-order valence-electron chi connectivity index (χ4n) is 4.80. The summed E-state index contributed by atoms with van der Waals surface area (Å²) in [5.74, 6) is 0.226. The van der Waals surface area contributed by atoms with Gasteiger partial charge in [0.2, 0.25) is 6.61 Å². The first-order chi connectivity index (χ1) is 22.6. The van der Waals surface area contributed by atoms with Crippen molar-refractivity contribution in [2.24, 2.45) is 5.16 Å². The Morgan fingerprint density at radius 1 is 0.978 bits per heavy atom. The standard InChI is InChI=1S/C23H26N2O4S.C13H10N2S/c1-3-18-4-6-19(7-5-18)16-28-22(26)17-29-24-23(25-12-14-27-15-13-25)20-8-10-21(30-2)11-9-20;16-13-14-11-8-4-5-9-12(11)15(13)10-6-2-1-3-7-10/h3-11H,1,12-17H2,2H3;1-9H,(H,14,16)/b24-23-;. The van der Waals surface area contributed by atoms with Crippen LogP contribution in [0.1, 0.15) is 16.7 Å². The number of nitrogens with one attached hydrogen (secondary N) is 1. The molecule has 46 heavy (non-hydrogen) atoms. The largest absolute Gasteiger partial charge is 0.458 e. The van der Waals surface area contributed by atoms with E-state index in [1.54, 1.807) is 17.8 Å². The molecule has 1 N–H and O–H groups in total. The van der Waals surface area contributed by atoms with E-state index >= 15 is 0 Å². The van der Waals surface area contributed by atoms with Gasteiger partial charge in [0.05, 0.1) is 24.2 Å². The van der Waals surface area contributed by atoms with Crippen LogP contribution in [0, 0.1) is 4.77 Å². The van der Waals surface area contributed by atoms with Gasteiger partial charge in [0, 0.05) is 29.2 Å². The molecule has 0 unspecified atom stereocenters. The monoisotopic (exact) mass is 652 g/mol. The number of thioether (sulfide) groups is 1. The Labute approximate surface area is 278 Å². The molecule has 0 spiro atoms. The molecule has 0 atom stereocenters. The summed E-state index contributed by atoms with van der Waals surface area (Å²) in [7, 11) is 0. The van der Waals surface area contributed by atoms with E-state index in [4.69, 9.17) is 26.5 Å². The molecule has 5 aromatic rings. The number of carbonyl (C=O) groups excluding carboxylic acids is 1. The second-order valence-corrected chi connectivity index (χ2v) is 11.5. The van der Waals surface area contributed by atoms with Crippen LogP contribution in [0.4, 0.5) is 0 Å². The molecule has 2 heterocycles. The number of aromatic amines is 1. The van der Waals surface area contributed by atoms with Gasteiger partial charge in [-0.05, 0) is 66.0 Å². The summed E-state index contributed by atoms with van der Waals surface area (Å²) in [4.78, 5) is 23.9. The van der Waals surface area contributed by atoms with Gasteiger partial charge in [0.1, 0.15) is 6.61 Å². The van der Waals surface area contributed by atoms with Gasteiger partial charge < -0.3 is 24.2 Å². The van der Waals surface area contributed by atoms with E-state index in [1.165, 1.54) is 4.90 Å². The molecular weight excluding hydrogens is 617 g/mol. The lowest BCUT2D eigenvalue weighted by molar-refractivity contribution is -0.150. The van der Waals surface area contributed by atoms with Gasteiger partial charge in [-0.3, -0.25) is 4.57 Å². The summed E-state index contributed by atoms with van der Waals surface area (Å²) < 4.78 is 13.5. The van der Waals surface area contributed by atoms with E-state index in [9.17, 15) is 4.79 Å². The second-order valence-electron chi connectivity index (χ2n) is 10.2. The lowest BCUT2D eigenvalue weighted by Gasteiger charge is -2.29. The highest BCUT2D eigenvalue weighted by Gasteiger charge is 2.18. The van der Waals surface area contributed by atoms with Crippen LogP contribution >= 0.6 is 24.0 Å². The molecule has 1 aliphatic rings. The number of morpholine rings is 1. The molecule has 0 radical (unpaired) electrons. The van der Waals surface area contributed by atoms with Crippen LogP contribution in [0.5, 0.6) is 0 Å². The summed E-state index contributed by atoms with van der Waals surface area (Å²) >= 11 is 7.02. The van der Waals surface area contributed by atoms with Gasteiger partial charge in [-0.2, -0.15) is 0 Å². The van der Waals surface area contributed by atoms with Crippen molar-refractivity contribution in [3.05, 3.63) is 131 Å². The smallest absolute Gasteiger partial charge is 0.347 e. The summed E-state index contributed by atoms with van der Waals surface area (Å²) in [6.07, 6.45) is 3.80. The second kappa shape index (κ2) is 16.6. The molecule has 1 fully saturated rings. The molecule has 4 aromatic carbocycles. The van der Waals surface area contributed by atoms with Gasteiger partial charge in [-0.25, -0.2) is 4.79 Å². The number of fused-ring (bicyclic) bond motifs is 1. The SMILES string of the molecule is C=Cc1ccc(COC(=O)CO/N=C(/c2ccc(SC)cc2)N2CCOCC2)cc1.S=c1[nH]c2ccccc2n1-c1ccccc1. The number of oxime groups is 1. The average Bonchev–Trinajstić information content (AvgIpc) is 3.46. The molecular formula is C36H36N4O4S2. The van der Waals surface area contributed by atoms with Crippen LogP contribution < -0.4 is 0 Å². The first-order valence-electron chi connectivity index (χ1n) is 14.8. The Kier molecular flexibility index (Phi) is 11.8. The minimum absolute atomic E-state index is 0.190. The number of carbonyl (C=O) groups is 1. The predicted molar refractivity (Wildman–Crippen MR) is 188 cm³/mol. The Morgan fingerprint density at radius 3 is 2.37 bits per heavy atom. The highest BCUT2D eigenvalue weighted by molar-refractivity contribution is 7.98. The number of esters is 1. The van der Waals surface area contributed by atoms with E-state index in [0.717, 1.165) is 51.3 Å². The number of amidine groups is 1. The van der Waals surface area contributed by atoms with Crippen molar-refractivity contribution < 1.29 is 19.1 Å². The zero-order chi connectivity index (χ0) is 32.1. The molecule has 0 aliphatic carbocycles. The number of aromatic nitrogens is 2. The lowest BCUT2D eigenvalue weighted by Crippen LogP contribution is -2.41. The molecule has 0 amide bonds. The van der Waals surface area contributed by atoms with Gasteiger partial charge >= 0.3 is 5.97 Å². The quantitative estimate of drug-likeness (QED) is 0.0441. The third kappa shape index (κ3) is 8.75. The van der Waals surface area contributed by atoms with Crippen LogP contribution in [-0.2, 0) is 25.7 Å². The van der Waals surface area contributed by atoms with E-state index in [1.807, 2.05) is 95.8 Å². The van der Waals surface area contributed by atoms with Gasteiger partial charge in [-0.1, -0.05) is 84.5 Å². The van der Waals surface area contributed by atoms with Crippen molar-refractivity contribution in [3.8, 4) is 5.69 Å². The van der Waals surface area contributed by atoms with Crippen LogP contribution in [0.25, 0.3) is 22.8 Å². The highest BCUT2D eigenvalue weighted by Crippen LogP contribution is 2.19. The molecule has 0 bridgehead atoms. The third-order valence-corrected chi connectivity index (χ3v) is 8.24. The molecule has 1 aromatic heterocycles. The summed E-state index contributed by atoms with van der Waals surface area (Å²) in [6, 6.07) is 34.0. The van der Waals surface area contributed by atoms with Gasteiger partial charge in [0.25, 0.3) is 0 Å². The maximum Gasteiger partial charge on any atom is 0.347 e. The molecule has 0 saturated carbocycles. The topological polar surface area (TPSA) is 81.1 Å². The van der Waals surface area contributed by atoms with E-state index in [-0.39, 0.29) is 13.2 Å². The molecule has 6 rings (SSSR count). The van der Waals surface area contributed by atoms with Crippen LogP contribution in [-0.4, -0.2) is 65.4 Å². The number of nitrogens with zero attached hydrogens (tertiary/aromatic N) is 3. The molecule has 1 aliphatic heterocycles. The number of benzene rings is 4. The average molecular weight is 653 g/mol. The summed E-state index contributed by atoms with van der Waals surface area (Å²) in [5, 5.41) is 4.26. The van der Waals surface area contributed by atoms with Crippen molar-refractivity contribution in [1.82, 2.24) is 14.5 Å². The zero-order valence-corrected chi connectivity index (χ0v) is 27.3. The summed E-state index contributed by atoms with van der Waals surface area (Å²) in [6.45, 7) is 6.37. The number of rotatable bonds is 9. The van der Waals surface area contributed by atoms with Crippen molar-refractivity contribution in [2.45, 2.75) is 11.5 Å². The van der Waals surface area contributed by atoms with Crippen LogP contribution in [0.15, 0.2) is 120 Å². The Morgan fingerprint density at radius 2 is 1.67 bits per heavy atom. The maximum atomic E-state index is 12.0. The molecule has 10 heteroatoms. The van der Waals surface area contributed by atoms with Gasteiger partial charge in [0.15, 0.2) is 10.6 Å². The lowest BCUT2D eigenvalue weighted by atomic mass is 10.1. The fraction of sp³-hybridized carbons (Fsp3) is 0.194. The minimum atomic E-state index is -0.467. The first kappa shape index (κ1) is 32.7. The van der Waals surface area contributed by atoms with Gasteiger partial charge in [-0.15, -0.1) is 11.8 Å². The van der Waals surface area contributed by atoms with Crippen LogP contribution in [0.3, 0.4) is 0 Å². The Bertz CT molecular complexity index is 1810.